The molecular weight excluding hydrogens is 242 g/mol. The molecule has 2 heterocycles. The first-order chi connectivity index (χ1) is 9.33. The third kappa shape index (κ3) is 2.37. The lowest BCUT2D eigenvalue weighted by atomic mass is 10.2. The van der Waals surface area contributed by atoms with Crippen molar-refractivity contribution >= 4 is 11.9 Å². The van der Waals surface area contributed by atoms with Crippen molar-refractivity contribution in [1.29, 1.82) is 0 Å². The number of hydrogen-bond acceptors (Lipinski definition) is 3. The van der Waals surface area contributed by atoms with E-state index in [0.717, 1.165) is 5.69 Å². The summed E-state index contributed by atoms with van der Waals surface area (Å²) >= 11 is 0. The fourth-order valence-electron chi connectivity index (χ4n) is 1.76. The van der Waals surface area contributed by atoms with Crippen LogP contribution in [0.1, 0.15) is 10.4 Å². The fraction of sp³-hybridized carbons (Fsp3) is 0. The van der Waals surface area contributed by atoms with Crippen LogP contribution in [0.15, 0.2) is 55.1 Å². The number of hydrogen-bond donors (Lipinski definition) is 2. The Balaban J connectivity index is 1.85. The largest absolute Gasteiger partial charge is 0.324 e. The van der Waals surface area contributed by atoms with Crippen molar-refractivity contribution in [3.05, 3.63) is 60.7 Å². The maximum Gasteiger partial charge on any atom is 0.258 e. The molecule has 6 heteroatoms. The van der Waals surface area contributed by atoms with E-state index in [9.17, 15) is 4.79 Å². The molecule has 0 radical (unpaired) electrons. The molecule has 1 aromatic carbocycles. The van der Waals surface area contributed by atoms with Gasteiger partial charge in [0.1, 0.15) is 6.33 Å². The summed E-state index contributed by atoms with van der Waals surface area (Å²) in [6.45, 7) is 0. The summed E-state index contributed by atoms with van der Waals surface area (Å²) in [5.41, 5.74) is 1.48. The van der Waals surface area contributed by atoms with E-state index in [4.69, 9.17) is 0 Å². The van der Waals surface area contributed by atoms with Gasteiger partial charge in [-0.2, -0.15) is 10.1 Å². The van der Waals surface area contributed by atoms with Crippen LogP contribution in [-0.4, -0.2) is 25.7 Å². The number of nitrogens with one attached hydrogen (secondary N) is 2. The molecule has 0 aliphatic carbocycles. The first-order valence-electron chi connectivity index (χ1n) is 5.73. The Kier molecular flexibility index (Phi) is 2.82. The fourth-order valence-corrected chi connectivity index (χ4v) is 1.76. The first kappa shape index (κ1) is 11.2. The summed E-state index contributed by atoms with van der Waals surface area (Å²) in [7, 11) is 0. The monoisotopic (exact) mass is 253 g/mol. The molecule has 2 N–H and O–H groups in total. The van der Waals surface area contributed by atoms with Crippen LogP contribution < -0.4 is 5.32 Å². The highest BCUT2D eigenvalue weighted by Crippen LogP contribution is 2.12. The van der Waals surface area contributed by atoms with Gasteiger partial charge in [-0.1, -0.05) is 6.07 Å². The minimum atomic E-state index is -0.231. The number of carbonyl (C=O) groups excluding carboxylic acids is 1. The van der Waals surface area contributed by atoms with E-state index in [0.29, 0.717) is 11.5 Å². The number of anilines is 1. The molecule has 0 saturated carbocycles. The highest BCUT2D eigenvalue weighted by atomic mass is 16.1. The average Bonchev–Trinajstić information content (AvgIpc) is 3.12. The van der Waals surface area contributed by atoms with E-state index in [1.54, 1.807) is 6.07 Å². The molecule has 19 heavy (non-hydrogen) atoms. The Morgan fingerprint density at radius 1 is 1.21 bits per heavy atom. The maximum absolute atomic E-state index is 12.0. The molecule has 0 spiro atoms. The van der Waals surface area contributed by atoms with E-state index in [1.807, 2.05) is 47.3 Å². The van der Waals surface area contributed by atoms with Gasteiger partial charge < -0.3 is 4.57 Å². The number of benzene rings is 1. The zero-order valence-corrected chi connectivity index (χ0v) is 9.95. The molecule has 0 fully saturated rings. The van der Waals surface area contributed by atoms with Crippen LogP contribution in [0.4, 0.5) is 5.95 Å². The summed E-state index contributed by atoms with van der Waals surface area (Å²) in [4.78, 5) is 15.9. The third-order valence-electron chi connectivity index (χ3n) is 2.66. The second-order valence-corrected chi connectivity index (χ2v) is 3.93. The molecule has 0 aliphatic heterocycles. The molecule has 1 amide bonds. The van der Waals surface area contributed by atoms with E-state index in [2.05, 4.69) is 20.5 Å². The molecule has 0 unspecified atom stereocenters. The maximum atomic E-state index is 12.0. The van der Waals surface area contributed by atoms with Gasteiger partial charge in [0.25, 0.3) is 5.91 Å². The molecule has 3 rings (SSSR count). The molecule has 6 nitrogen and oxygen atoms in total. The van der Waals surface area contributed by atoms with Crippen molar-refractivity contribution in [2.75, 3.05) is 5.32 Å². The number of amides is 1. The molecule has 0 atom stereocenters. The molecule has 3 aromatic rings. The van der Waals surface area contributed by atoms with Gasteiger partial charge in [0.2, 0.25) is 5.95 Å². The lowest BCUT2D eigenvalue weighted by Gasteiger charge is -2.06. The van der Waals surface area contributed by atoms with E-state index >= 15 is 0 Å². The number of H-pyrrole nitrogens is 1. The minimum Gasteiger partial charge on any atom is -0.324 e. The Hall–Kier alpha value is -2.89. The lowest BCUT2D eigenvalue weighted by Crippen LogP contribution is -2.13. The van der Waals surface area contributed by atoms with Gasteiger partial charge in [-0.3, -0.25) is 10.1 Å². The Morgan fingerprint density at radius 3 is 2.79 bits per heavy atom. The standard InChI is InChI=1S/C13H11N5O/c19-12(16-13-14-9-15-17-13)10-4-3-5-11(8-10)18-6-1-2-7-18/h1-9H,(H2,14,15,16,17,19). The van der Waals surface area contributed by atoms with Gasteiger partial charge in [0, 0.05) is 23.6 Å². The van der Waals surface area contributed by atoms with Crippen molar-refractivity contribution in [3.8, 4) is 5.69 Å². The molecule has 0 aliphatic rings. The zero-order valence-electron chi connectivity index (χ0n) is 9.95. The summed E-state index contributed by atoms with van der Waals surface area (Å²) in [6, 6.07) is 11.2. The SMILES string of the molecule is O=C(Nc1ncn[nH]1)c1cccc(-n2cccc2)c1. The van der Waals surface area contributed by atoms with Gasteiger partial charge >= 0.3 is 0 Å². The summed E-state index contributed by atoms with van der Waals surface area (Å²) < 4.78 is 1.94. The number of rotatable bonds is 3. The van der Waals surface area contributed by atoms with E-state index in [-0.39, 0.29) is 5.91 Å². The number of aromatic nitrogens is 4. The topological polar surface area (TPSA) is 75.6 Å². The summed E-state index contributed by atoms with van der Waals surface area (Å²) in [5, 5.41) is 8.89. The van der Waals surface area contributed by atoms with Crippen molar-refractivity contribution in [3.63, 3.8) is 0 Å². The van der Waals surface area contributed by atoms with E-state index < -0.39 is 0 Å². The number of nitrogens with zero attached hydrogens (tertiary/aromatic N) is 3. The second-order valence-electron chi connectivity index (χ2n) is 3.93. The van der Waals surface area contributed by atoms with Gasteiger partial charge in [0.05, 0.1) is 0 Å². The number of aromatic amines is 1. The Bertz CT molecular complexity index is 673. The van der Waals surface area contributed by atoms with Crippen molar-refractivity contribution in [2.45, 2.75) is 0 Å². The average molecular weight is 253 g/mol. The molecule has 0 bridgehead atoms. The Morgan fingerprint density at radius 2 is 2.05 bits per heavy atom. The van der Waals surface area contributed by atoms with Gasteiger partial charge in [-0.15, -0.1) is 0 Å². The van der Waals surface area contributed by atoms with Gasteiger partial charge in [-0.05, 0) is 30.3 Å². The summed E-state index contributed by atoms with van der Waals surface area (Å²) in [5.74, 6) is 0.0992. The van der Waals surface area contributed by atoms with Crippen LogP contribution in [0.5, 0.6) is 0 Å². The number of carbonyl (C=O) groups is 1. The lowest BCUT2D eigenvalue weighted by molar-refractivity contribution is 0.102. The Labute approximate surface area is 109 Å². The van der Waals surface area contributed by atoms with Crippen LogP contribution in [-0.2, 0) is 0 Å². The molecule has 94 valence electrons. The van der Waals surface area contributed by atoms with Crippen LogP contribution in [0.25, 0.3) is 5.69 Å². The van der Waals surface area contributed by atoms with Crippen molar-refractivity contribution in [1.82, 2.24) is 19.7 Å². The molecule has 0 saturated heterocycles. The van der Waals surface area contributed by atoms with Crippen molar-refractivity contribution < 1.29 is 4.79 Å². The first-order valence-corrected chi connectivity index (χ1v) is 5.73. The smallest absolute Gasteiger partial charge is 0.258 e. The summed E-state index contributed by atoms with van der Waals surface area (Å²) in [6.07, 6.45) is 5.19. The van der Waals surface area contributed by atoms with Gasteiger partial charge in [-0.25, -0.2) is 5.10 Å². The van der Waals surface area contributed by atoms with E-state index in [1.165, 1.54) is 6.33 Å². The van der Waals surface area contributed by atoms with Gasteiger partial charge in [0.15, 0.2) is 0 Å². The van der Waals surface area contributed by atoms with Crippen LogP contribution in [0, 0.1) is 0 Å². The third-order valence-corrected chi connectivity index (χ3v) is 2.66. The second kappa shape index (κ2) is 4.77. The quantitative estimate of drug-likeness (QED) is 0.748. The zero-order chi connectivity index (χ0) is 13.1. The molecule has 2 aromatic heterocycles. The van der Waals surface area contributed by atoms with Crippen molar-refractivity contribution in [2.24, 2.45) is 0 Å². The molecular formula is C13H11N5O. The predicted octanol–water partition coefficient (Wildman–Crippen LogP) is 1.85. The van der Waals surface area contributed by atoms with Crippen LogP contribution in [0.2, 0.25) is 0 Å². The van der Waals surface area contributed by atoms with Crippen LogP contribution in [0.3, 0.4) is 0 Å². The highest BCUT2D eigenvalue weighted by Gasteiger charge is 2.08. The minimum absolute atomic E-state index is 0.231. The normalized spacial score (nSPS) is 10.3. The van der Waals surface area contributed by atoms with Crippen LogP contribution >= 0.6 is 0 Å². The highest BCUT2D eigenvalue weighted by molar-refractivity contribution is 6.03. The predicted molar refractivity (Wildman–Crippen MR) is 70.1 cm³/mol.